The van der Waals surface area contributed by atoms with Crippen LogP contribution in [0.2, 0.25) is 0 Å². The summed E-state index contributed by atoms with van der Waals surface area (Å²) in [6, 6.07) is 7.03. The van der Waals surface area contributed by atoms with Crippen LogP contribution in [0.25, 0.3) is 16.6 Å². The van der Waals surface area contributed by atoms with E-state index in [-0.39, 0.29) is 12.6 Å². The van der Waals surface area contributed by atoms with Crippen molar-refractivity contribution in [2.24, 2.45) is 0 Å². The lowest BCUT2D eigenvalue weighted by Gasteiger charge is -2.08. The van der Waals surface area contributed by atoms with Crippen LogP contribution in [-0.2, 0) is 11.3 Å². The van der Waals surface area contributed by atoms with Crippen LogP contribution in [0.3, 0.4) is 0 Å². The zero-order valence-electron chi connectivity index (χ0n) is 12.4. The lowest BCUT2D eigenvalue weighted by atomic mass is 10.2. The second-order valence-electron chi connectivity index (χ2n) is 4.61. The van der Waals surface area contributed by atoms with Gasteiger partial charge in [0.25, 0.3) is 0 Å². The molecule has 3 rings (SSSR count). The van der Waals surface area contributed by atoms with Crippen molar-refractivity contribution in [1.29, 1.82) is 0 Å². The quantitative estimate of drug-likeness (QED) is 0.538. The molecule has 0 radical (unpaired) electrons. The van der Waals surface area contributed by atoms with E-state index < -0.39 is 11.8 Å². The lowest BCUT2D eigenvalue weighted by Crippen LogP contribution is -2.27. The number of allylic oxidation sites excluding steroid dienone is 1. The van der Waals surface area contributed by atoms with Crippen LogP contribution in [0.1, 0.15) is 6.92 Å². The first kappa shape index (κ1) is 14.8. The maximum atomic E-state index is 12.6. The largest absolute Gasteiger partial charge is 0.516 e. The number of para-hydroxylation sites is 1. The van der Waals surface area contributed by atoms with E-state index in [0.29, 0.717) is 23.1 Å². The molecule has 8 nitrogen and oxygen atoms in total. The fraction of sp³-hybridized carbons (Fsp3) is 0.200. The van der Waals surface area contributed by atoms with E-state index in [1.54, 1.807) is 19.1 Å². The van der Waals surface area contributed by atoms with E-state index in [0.717, 1.165) is 4.52 Å². The van der Waals surface area contributed by atoms with Crippen LogP contribution in [0.15, 0.2) is 41.7 Å². The predicted molar refractivity (Wildman–Crippen MR) is 82.6 cm³/mol. The van der Waals surface area contributed by atoms with Gasteiger partial charge in [-0.15, -0.1) is 11.7 Å². The lowest BCUT2D eigenvalue weighted by molar-refractivity contribution is 0.101. The van der Waals surface area contributed by atoms with Gasteiger partial charge in [0, 0.05) is 11.9 Å². The van der Waals surface area contributed by atoms with Crippen LogP contribution in [0.4, 0.5) is 4.79 Å². The summed E-state index contributed by atoms with van der Waals surface area (Å²) in [7, 11) is 0. The summed E-state index contributed by atoms with van der Waals surface area (Å²) in [6.45, 7) is 5.80. The van der Waals surface area contributed by atoms with Crippen molar-refractivity contribution in [3.05, 3.63) is 47.4 Å². The van der Waals surface area contributed by atoms with Crippen LogP contribution in [-0.4, -0.2) is 31.9 Å². The summed E-state index contributed by atoms with van der Waals surface area (Å²) in [6.07, 6.45) is 0.700. The van der Waals surface area contributed by atoms with Crippen molar-refractivity contribution in [2.75, 3.05) is 6.61 Å². The second kappa shape index (κ2) is 5.91. The third kappa shape index (κ3) is 2.54. The number of hydrogen-bond donors (Lipinski definition) is 0. The monoisotopic (exact) mass is 314 g/mol. The highest BCUT2D eigenvalue weighted by Gasteiger charge is 2.17. The van der Waals surface area contributed by atoms with Crippen molar-refractivity contribution in [2.45, 2.75) is 13.5 Å². The highest BCUT2D eigenvalue weighted by atomic mass is 16.7. The zero-order chi connectivity index (χ0) is 16.4. The molecule has 0 fully saturated rings. The van der Waals surface area contributed by atoms with Crippen LogP contribution < -0.4 is 10.4 Å². The molecule has 0 amide bonds. The van der Waals surface area contributed by atoms with Gasteiger partial charge in [-0.1, -0.05) is 18.2 Å². The molecule has 0 aliphatic rings. The molecule has 0 saturated heterocycles. The fourth-order valence-corrected chi connectivity index (χ4v) is 2.29. The van der Waals surface area contributed by atoms with Gasteiger partial charge >= 0.3 is 17.9 Å². The smallest absolute Gasteiger partial charge is 0.434 e. The number of rotatable bonds is 4. The molecule has 0 N–H and O–H groups in total. The summed E-state index contributed by atoms with van der Waals surface area (Å²) in [4.78, 5) is 28.1. The third-order valence-electron chi connectivity index (χ3n) is 3.18. The first-order chi connectivity index (χ1) is 11.2. The summed E-state index contributed by atoms with van der Waals surface area (Å²) in [5.41, 5.74) is 0.606. The van der Waals surface area contributed by atoms with Gasteiger partial charge in [0.15, 0.2) is 5.65 Å². The summed E-state index contributed by atoms with van der Waals surface area (Å²) >= 11 is 0. The minimum Gasteiger partial charge on any atom is -0.434 e. The first-order valence-corrected chi connectivity index (χ1v) is 6.99. The Bertz CT molecular complexity index is 957. The number of aromatic nitrogens is 4. The van der Waals surface area contributed by atoms with Crippen molar-refractivity contribution in [1.82, 2.24) is 19.2 Å². The van der Waals surface area contributed by atoms with Gasteiger partial charge in [-0.25, -0.2) is 9.59 Å². The van der Waals surface area contributed by atoms with E-state index in [1.165, 1.54) is 4.57 Å². The molecule has 8 heteroatoms. The molecule has 0 spiro atoms. The van der Waals surface area contributed by atoms with Crippen LogP contribution >= 0.6 is 0 Å². The van der Waals surface area contributed by atoms with Gasteiger partial charge in [-0.2, -0.15) is 9.50 Å². The SMILES string of the molecule is C=CCn1c(=O)n2nc(OC(=O)OCC)nc2c2ccccc21. The van der Waals surface area contributed by atoms with Crippen molar-refractivity contribution in [3.8, 4) is 6.01 Å². The summed E-state index contributed by atoms with van der Waals surface area (Å²) < 4.78 is 12.2. The van der Waals surface area contributed by atoms with E-state index in [9.17, 15) is 9.59 Å². The third-order valence-corrected chi connectivity index (χ3v) is 3.18. The number of hydrogen-bond acceptors (Lipinski definition) is 6. The Morgan fingerprint density at radius 2 is 2.17 bits per heavy atom. The van der Waals surface area contributed by atoms with Gasteiger partial charge in [0.2, 0.25) is 0 Å². The average molecular weight is 314 g/mol. The molecule has 118 valence electrons. The fourth-order valence-electron chi connectivity index (χ4n) is 2.29. The molecule has 2 aromatic heterocycles. The minimum absolute atomic E-state index is 0.168. The first-order valence-electron chi connectivity index (χ1n) is 6.99. The van der Waals surface area contributed by atoms with E-state index in [1.807, 2.05) is 18.2 Å². The van der Waals surface area contributed by atoms with Crippen LogP contribution in [0, 0.1) is 0 Å². The van der Waals surface area contributed by atoms with Gasteiger partial charge in [0.1, 0.15) is 0 Å². The molecule has 0 aliphatic carbocycles. The Hall–Kier alpha value is -3.16. The Kier molecular flexibility index (Phi) is 3.80. The van der Waals surface area contributed by atoms with Crippen LogP contribution in [0.5, 0.6) is 6.01 Å². The maximum absolute atomic E-state index is 12.6. The number of fused-ring (bicyclic) bond motifs is 3. The van der Waals surface area contributed by atoms with Crippen molar-refractivity contribution in [3.63, 3.8) is 0 Å². The molecule has 23 heavy (non-hydrogen) atoms. The zero-order valence-corrected chi connectivity index (χ0v) is 12.4. The topological polar surface area (TPSA) is 87.7 Å². The Labute approximate surface area is 130 Å². The summed E-state index contributed by atoms with van der Waals surface area (Å²) in [5.74, 6) is 0. The molecular weight excluding hydrogens is 300 g/mol. The highest BCUT2D eigenvalue weighted by Crippen LogP contribution is 2.18. The number of ether oxygens (including phenoxy) is 2. The van der Waals surface area contributed by atoms with Gasteiger partial charge in [-0.3, -0.25) is 4.57 Å². The van der Waals surface area contributed by atoms with Crippen molar-refractivity contribution < 1.29 is 14.3 Å². The molecule has 2 heterocycles. The average Bonchev–Trinajstić information content (AvgIpc) is 2.95. The normalized spacial score (nSPS) is 10.8. The van der Waals surface area contributed by atoms with Gasteiger partial charge < -0.3 is 9.47 Å². The molecule has 0 saturated carbocycles. The van der Waals surface area contributed by atoms with E-state index >= 15 is 0 Å². The van der Waals surface area contributed by atoms with Gasteiger partial charge in [-0.05, 0) is 19.1 Å². The van der Waals surface area contributed by atoms with E-state index in [4.69, 9.17) is 4.74 Å². The molecule has 0 aliphatic heterocycles. The number of carbonyl (C=O) groups is 1. The number of benzene rings is 1. The number of carbonyl (C=O) groups excluding carboxylic acids is 1. The van der Waals surface area contributed by atoms with Crippen molar-refractivity contribution >= 4 is 22.7 Å². The molecule has 0 atom stereocenters. The Morgan fingerprint density at radius 1 is 1.39 bits per heavy atom. The highest BCUT2D eigenvalue weighted by molar-refractivity contribution is 5.91. The molecule has 3 aromatic rings. The summed E-state index contributed by atoms with van der Waals surface area (Å²) in [5, 5.41) is 4.65. The molecule has 0 unspecified atom stereocenters. The maximum Gasteiger partial charge on any atom is 0.516 e. The van der Waals surface area contributed by atoms with Gasteiger partial charge in [0.05, 0.1) is 12.1 Å². The van der Waals surface area contributed by atoms with E-state index in [2.05, 4.69) is 21.4 Å². The molecule has 1 aromatic carbocycles. The number of nitrogens with zero attached hydrogens (tertiary/aromatic N) is 4. The molecule has 0 bridgehead atoms. The predicted octanol–water partition coefficient (Wildman–Crippen LogP) is 1.77. The Morgan fingerprint density at radius 3 is 2.91 bits per heavy atom. The molecular formula is C15H14N4O4. The standard InChI is InChI=1S/C15H14N4O4/c1-3-9-18-11-8-6-5-7-10(11)12-16-13(17-19(12)14(18)20)23-15(21)22-4-2/h3,5-8H,1,4,9H2,2H3. The second-order valence-corrected chi connectivity index (χ2v) is 4.61. The Balaban J connectivity index is 2.23. The minimum atomic E-state index is -0.917.